The van der Waals surface area contributed by atoms with E-state index in [-0.39, 0.29) is 12.0 Å². The maximum absolute atomic E-state index is 10.8. The predicted octanol–water partition coefficient (Wildman–Crippen LogP) is 6.42. The van der Waals surface area contributed by atoms with Gasteiger partial charge in [-0.25, -0.2) is 4.79 Å². The van der Waals surface area contributed by atoms with E-state index in [1.807, 2.05) is 44.2 Å². The van der Waals surface area contributed by atoms with Crippen molar-refractivity contribution in [2.75, 3.05) is 18.0 Å². The third-order valence-corrected chi connectivity index (χ3v) is 6.96. The molecule has 2 heterocycles. The van der Waals surface area contributed by atoms with Crippen molar-refractivity contribution in [2.24, 2.45) is 5.16 Å². The maximum atomic E-state index is 10.8. The minimum Gasteiger partial charge on any atom is -0.450 e. The van der Waals surface area contributed by atoms with Gasteiger partial charge in [0.1, 0.15) is 6.10 Å². The minimum atomic E-state index is -1.21. The minimum absolute atomic E-state index is 0.0506. The number of carbonyl (C=O) groups is 1. The zero-order valence-corrected chi connectivity index (χ0v) is 21.2. The second kappa shape index (κ2) is 11.4. The molecule has 0 bridgehead atoms. The van der Waals surface area contributed by atoms with Crippen molar-refractivity contribution >= 4 is 29.2 Å². The van der Waals surface area contributed by atoms with Crippen molar-refractivity contribution in [2.45, 2.75) is 45.1 Å². The fourth-order valence-electron chi connectivity index (χ4n) is 4.86. The molecule has 4 rings (SSSR count). The molecule has 3 aromatic rings. The Bertz CT molecular complexity index is 1240. The molecule has 1 aliphatic rings. The van der Waals surface area contributed by atoms with Crippen LogP contribution in [0, 0.1) is 13.8 Å². The lowest BCUT2D eigenvalue weighted by molar-refractivity contribution is 0.0416. The van der Waals surface area contributed by atoms with Gasteiger partial charge in [0, 0.05) is 66.4 Å². The van der Waals surface area contributed by atoms with E-state index in [1.165, 1.54) is 0 Å². The number of hydrogen-bond donors (Lipinski definition) is 2. The first-order valence-corrected chi connectivity index (χ1v) is 12.4. The molecule has 188 valence electrons. The van der Waals surface area contributed by atoms with Crippen LogP contribution in [-0.2, 0) is 4.74 Å². The van der Waals surface area contributed by atoms with Gasteiger partial charge in [0.2, 0.25) is 0 Å². The van der Waals surface area contributed by atoms with Gasteiger partial charge >= 0.3 is 6.16 Å². The molecule has 2 aromatic carbocycles. The molecule has 7 nitrogen and oxygen atoms in total. The van der Waals surface area contributed by atoms with Crippen molar-refractivity contribution in [1.82, 2.24) is 4.98 Å². The van der Waals surface area contributed by atoms with E-state index in [1.54, 1.807) is 6.20 Å². The Morgan fingerprint density at radius 3 is 2.47 bits per heavy atom. The van der Waals surface area contributed by atoms with Crippen molar-refractivity contribution in [3.8, 4) is 0 Å². The fourth-order valence-corrected chi connectivity index (χ4v) is 5.09. The number of aromatic nitrogens is 1. The number of anilines is 1. The van der Waals surface area contributed by atoms with E-state index in [0.717, 1.165) is 46.7 Å². The summed E-state index contributed by atoms with van der Waals surface area (Å²) in [7, 11) is 0. The second-order valence-electron chi connectivity index (χ2n) is 9.15. The van der Waals surface area contributed by atoms with Gasteiger partial charge in [-0.2, -0.15) is 0 Å². The van der Waals surface area contributed by atoms with Crippen molar-refractivity contribution in [3.63, 3.8) is 0 Å². The first-order chi connectivity index (χ1) is 17.3. The summed E-state index contributed by atoms with van der Waals surface area (Å²) in [5.74, 6) is -0.0506. The lowest BCUT2D eigenvalue weighted by atomic mass is 9.83. The van der Waals surface area contributed by atoms with Crippen LogP contribution in [-0.4, -0.2) is 46.4 Å². The van der Waals surface area contributed by atoms with Gasteiger partial charge in [-0.05, 0) is 66.9 Å². The SMILES string of the molecule is Cc1cc(/C(C[C@H](c2ccc(N3CCC(OC(=O)O)CC3)cc2)c2ccc(Cl)cc2C)=N/O)ccn1. The highest BCUT2D eigenvalue weighted by molar-refractivity contribution is 6.30. The summed E-state index contributed by atoms with van der Waals surface area (Å²) in [5.41, 5.74) is 6.65. The molecule has 0 saturated carbocycles. The lowest BCUT2D eigenvalue weighted by Crippen LogP contribution is -2.37. The van der Waals surface area contributed by atoms with E-state index in [4.69, 9.17) is 21.4 Å². The summed E-state index contributed by atoms with van der Waals surface area (Å²) in [6.45, 7) is 5.42. The Morgan fingerprint density at radius 2 is 1.86 bits per heavy atom. The molecular weight excluding hydrogens is 478 g/mol. The van der Waals surface area contributed by atoms with Gasteiger partial charge in [-0.3, -0.25) is 4.98 Å². The van der Waals surface area contributed by atoms with Gasteiger partial charge < -0.3 is 20.0 Å². The standard InChI is InChI=1S/C28H30ClN3O4/c1-18-15-22(29)5-8-25(18)26(17-27(31-35)21-9-12-30-19(2)16-21)20-3-6-23(7-4-20)32-13-10-24(11-14-32)36-28(33)34/h3-9,12,15-16,24,26,35H,10-11,13-14,17H2,1-2H3,(H,33,34)/b31-27+/t26-/m1/s1. The Balaban J connectivity index is 1.60. The summed E-state index contributed by atoms with van der Waals surface area (Å²) in [6, 6.07) is 18.1. The number of rotatable bonds is 7. The molecular formula is C28H30ClN3O4. The molecule has 0 unspecified atom stereocenters. The molecule has 1 aromatic heterocycles. The van der Waals surface area contributed by atoms with E-state index in [9.17, 15) is 10.0 Å². The van der Waals surface area contributed by atoms with Crippen LogP contribution in [0.15, 0.2) is 65.9 Å². The molecule has 0 radical (unpaired) electrons. The van der Waals surface area contributed by atoms with Crippen LogP contribution in [0.3, 0.4) is 0 Å². The van der Waals surface area contributed by atoms with Crippen LogP contribution in [0.5, 0.6) is 0 Å². The average molecular weight is 508 g/mol. The molecule has 36 heavy (non-hydrogen) atoms. The van der Waals surface area contributed by atoms with E-state index in [0.29, 0.717) is 30.0 Å². The summed E-state index contributed by atoms with van der Waals surface area (Å²) >= 11 is 6.24. The first-order valence-electron chi connectivity index (χ1n) is 12.0. The number of carboxylic acid groups (broad SMARTS) is 1. The van der Waals surface area contributed by atoms with Crippen LogP contribution in [0.25, 0.3) is 0 Å². The van der Waals surface area contributed by atoms with Crippen molar-refractivity contribution in [3.05, 3.63) is 93.8 Å². The molecule has 0 aliphatic carbocycles. The number of nitrogens with zero attached hydrogens (tertiary/aromatic N) is 3. The van der Waals surface area contributed by atoms with Crippen LogP contribution >= 0.6 is 11.6 Å². The first kappa shape index (κ1) is 25.5. The zero-order valence-electron chi connectivity index (χ0n) is 20.4. The molecule has 0 spiro atoms. The van der Waals surface area contributed by atoms with Gasteiger partial charge in [-0.1, -0.05) is 35.0 Å². The highest BCUT2D eigenvalue weighted by Crippen LogP contribution is 2.34. The Kier molecular flexibility index (Phi) is 8.10. The fraction of sp³-hybridized carbons (Fsp3) is 0.321. The zero-order chi connectivity index (χ0) is 25.7. The normalized spacial score (nSPS) is 15.5. The predicted molar refractivity (Wildman–Crippen MR) is 141 cm³/mol. The lowest BCUT2D eigenvalue weighted by Gasteiger charge is -2.33. The topological polar surface area (TPSA) is 95.2 Å². The number of aryl methyl sites for hydroxylation is 2. The summed E-state index contributed by atoms with van der Waals surface area (Å²) in [5, 5.41) is 23.1. The monoisotopic (exact) mass is 507 g/mol. The summed E-state index contributed by atoms with van der Waals surface area (Å²) < 4.78 is 4.93. The van der Waals surface area contributed by atoms with Crippen LogP contribution in [0.4, 0.5) is 10.5 Å². The average Bonchev–Trinajstić information content (AvgIpc) is 2.86. The smallest absolute Gasteiger partial charge is 0.450 e. The number of halogens is 1. The van der Waals surface area contributed by atoms with E-state index in [2.05, 4.69) is 39.3 Å². The third kappa shape index (κ3) is 6.15. The van der Waals surface area contributed by atoms with Gasteiger partial charge in [-0.15, -0.1) is 0 Å². The Morgan fingerprint density at radius 1 is 1.14 bits per heavy atom. The summed E-state index contributed by atoms with van der Waals surface area (Å²) in [6.07, 6.45) is 2.10. The van der Waals surface area contributed by atoms with Crippen LogP contribution < -0.4 is 4.90 Å². The highest BCUT2D eigenvalue weighted by Gasteiger charge is 2.24. The van der Waals surface area contributed by atoms with Crippen LogP contribution in [0.1, 0.15) is 53.1 Å². The quantitative estimate of drug-likeness (QED) is 0.166. The third-order valence-electron chi connectivity index (χ3n) is 6.73. The van der Waals surface area contributed by atoms with E-state index >= 15 is 0 Å². The van der Waals surface area contributed by atoms with E-state index < -0.39 is 6.16 Å². The second-order valence-corrected chi connectivity index (χ2v) is 9.59. The van der Waals surface area contributed by atoms with Gasteiger partial charge in [0.05, 0.1) is 5.71 Å². The maximum Gasteiger partial charge on any atom is 0.506 e. The largest absolute Gasteiger partial charge is 0.506 e. The number of oxime groups is 1. The molecule has 2 N–H and O–H groups in total. The van der Waals surface area contributed by atoms with Crippen molar-refractivity contribution in [1.29, 1.82) is 0 Å². The van der Waals surface area contributed by atoms with Crippen LogP contribution in [0.2, 0.25) is 5.02 Å². The van der Waals surface area contributed by atoms with Gasteiger partial charge in [0.25, 0.3) is 0 Å². The Labute approximate surface area is 216 Å². The number of ether oxygens (including phenoxy) is 1. The molecule has 1 fully saturated rings. The molecule has 0 amide bonds. The number of benzene rings is 2. The number of hydrogen-bond acceptors (Lipinski definition) is 6. The molecule has 1 aliphatic heterocycles. The van der Waals surface area contributed by atoms with Crippen molar-refractivity contribution < 1.29 is 19.8 Å². The summed E-state index contributed by atoms with van der Waals surface area (Å²) in [4.78, 5) is 17.3. The highest BCUT2D eigenvalue weighted by atomic mass is 35.5. The number of pyridine rings is 1. The molecule has 1 atom stereocenters. The molecule has 1 saturated heterocycles. The number of piperidine rings is 1. The molecule has 8 heteroatoms. The Hall–Kier alpha value is -3.58. The van der Waals surface area contributed by atoms with Gasteiger partial charge in [0.15, 0.2) is 0 Å².